The topological polar surface area (TPSA) is 47.0 Å². The van der Waals surface area contributed by atoms with Crippen LogP contribution >= 0.6 is 11.3 Å². The van der Waals surface area contributed by atoms with Crippen molar-refractivity contribution in [3.8, 4) is 0 Å². The molecule has 5 heteroatoms. The summed E-state index contributed by atoms with van der Waals surface area (Å²) in [7, 11) is 0. The van der Waals surface area contributed by atoms with E-state index in [4.69, 9.17) is 4.74 Å². The van der Waals surface area contributed by atoms with Gasteiger partial charge in [-0.3, -0.25) is 0 Å². The van der Waals surface area contributed by atoms with Crippen molar-refractivity contribution in [2.75, 3.05) is 0 Å². The Morgan fingerprint density at radius 3 is 2.60 bits per heavy atom. The Hall–Kier alpha value is -1.10. The van der Waals surface area contributed by atoms with Crippen LogP contribution in [0, 0.1) is 6.92 Å². The summed E-state index contributed by atoms with van der Waals surface area (Å²) in [5, 5.41) is 12.9. The van der Waals surface area contributed by atoms with Gasteiger partial charge in [-0.15, -0.1) is 10.2 Å². The highest BCUT2D eigenvalue weighted by atomic mass is 32.1. The molecule has 15 heavy (non-hydrogen) atoms. The van der Waals surface area contributed by atoms with E-state index < -0.39 is 0 Å². The molecule has 4 nitrogen and oxygen atoms in total. The molecule has 84 valence electrons. The largest absolute Gasteiger partial charge is 0.474 e. The molecule has 0 aromatic carbocycles. The van der Waals surface area contributed by atoms with Crippen molar-refractivity contribution < 1.29 is 4.74 Å². The summed E-state index contributed by atoms with van der Waals surface area (Å²) in [5.74, 6) is 0.565. The number of nitrogens with zero attached hydrogens (tertiary/aromatic N) is 2. The van der Waals surface area contributed by atoms with Crippen LogP contribution < -0.4 is 5.32 Å². The minimum absolute atomic E-state index is 0.221. The SMILES string of the molecule is C=C(NCc1nnc(C)s1)OC(C)(C)C. The molecule has 0 aliphatic rings. The van der Waals surface area contributed by atoms with E-state index >= 15 is 0 Å². The summed E-state index contributed by atoms with van der Waals surface area (Å²) in [6, 6.07) is 0. The maximum Gasteiger partial charge on any atom is 0.180 e. The van der Waals surface area contributed by atoms with E-state index in [1.54, 1.807) is 11.3 Å². The molecule has 0 radical (unpaired) electrons. The molecule has 0 spiro atoms. The van der Waals surface area contributed by atoms with E-state index in [1.807, 2.05) is 27.7 Å². The molecule has 1 rings (SSSR count). The number of aryl methyl sites for hydroxylation is 1. The summed E-state index contributed by atoms with van der Waals surface area (Å²) in [5.41, 5.74) is -0.221. The monoisotopic (exact) mass is 227 g/mol. The second kappa shape index (κ2) is 4.61. The van der Waals surface area contributed by atoms with Crippen molar-refractivity contribution in [1.82, 2.24) is 15.5 Å². The quantitative estimate of drug-likeness (QED) is 0.801. The molecule has 0 aliphatic carbocycles. The Balaban J connectivity index is 2.35. The molecule has 0 saturated carbocycles. The summed E-state index contributed by atoms with van der Waals surface area (Å²) in [4.78, 5) is 0. The zero-order valence-electron chi connectivity index (χ0n) is 9.63. The van der Waals surface area contributed by atoms with Gasteiger partial charge in [0.05, 0.1) is 6.54 Å². The fraction of sp³-hybridized carbons (Fsp3) is 0.600. The van der Waals surface area contributed by atoms with Crippen LogP contribution in [0.15, 0.2) is 12.5 Å². The minimum atomic E-state index is -0.221. The first-order chi connectivity index (χ1) is 6.87. The summed E-state index contributed by atoms with van der Waals surface area (Å²) in [6.45, 7) is 12.3. The highest BCUT2D eigenvalue weighted by molar-refractivity contribution is 7.11. The van der Waals surface area contributed by atoms with E-state index in [-0.39, 0.29) is 5.60 Å². The Morgan fingerprint density at radius 1 is 1.47 bits per heavy atom. The van der Waals surface area contributed by atoms with Gasteiger partial charge in [0.25, 0.3) is 0 Å². The van der Waals surface area contributed by atoms with Crippen LogP contribution in [0.4, 0.5) is 0 Å². The molecular weight excluding hydrogens is 210 g/mol. The zero-order chi connectivity index (χ0) is 11.5. The van der Waals surface area contributed by atoms with Crippen molar-refractivity contribution in [3.63, 3.8) is 0 Å². The smallest absolute Gasteiger partial charge is 0.180 e. The van der Waals surface area contributed by atoms with Crippen LogP contribution in [0.25, 0.3) is 0 Å². The lowest BCUT2D eigenvalue weighted by atomic mass is 10.2. The standard InChI is InChI=1S/C10H17N3OS/c1-7(14-10(3,4)5)11-6-9-13-12-8(2)15-9/h11H,1,6H2,2-5H3. The number of hydrogen-bond donors (Lipinski definition) is 1. The van der Waals surface area contributed by atoms with Crippen molar-refractivity contribution in [2.24, 2.45) is 0 Å². The second-order valence-corrected chi connectivity index (χ2v) is 5.47. The van der Waals surface area contributed by atoms with Gasteiger partial charge in [-0.05, 0) is 34.3 Å². The zero-order valence-corrected chi connectivity index (χ0v) is 10.4. The van der Waals surface area contributed by atoms with E-state index in [2.05, 4.69) is 22.1 Å². The van der Waals surface area contributed by atoms with Crippen LogP contribution in [-0.2, 0) is 11.3 Å². The molecule has 1 N–H and O–H groups in total. The first kappa shape index (κ1) is 12.0. The highest BCUT2D eigenvalue weighted by Gasteiger charge is 2.12. The third kappa shape index (κ3) is 4.78. The summed E-state index contributed by atoms with van der Waals surface area (Å²) < 4.78 is 5.52. The Labute approximate surface area is 94.4 Å². The highest BCUT2D eigenvalue weighted by Crippen LogP contribution is 2.12. The Kier molecular flexibility index (Phi) is 3.68. The van der Waals surface area contributed by atoms with E-state index in [0.717, 1.165) is 10.0 Å². The van der Waals surface area contributed by atoms with Crippen molar-refractivity contribution in [2.45, 2.75) is 39.8 Å². The van der Waals surface area contributed by atoms with Crippen LogP contribution in [0.2, 0.25) is 0 Å². The van der Waals surface area contributed by atoms with Gasteiger partial charge in [0.2, 0.25) is 0 Å². The van der Waals surface area contributed by atoms with Crippen molar-refractivity contribution in [1.29, 1.82) is 0 Å². The van der Waals surface area contributed by atoms with Gasteiger partial charge in [0.1, 0.15) is 15.6 Å². The molecule has 0 atom stereocenters. The van der Waals surface area contributed by atoms with Crippen LogP contribution in [-0.4, -0.2) is 15.8 Å². The van der Waals surface area contributed by atoms with Gasteiger partial charge in [-0.1, -0.05) is 11.3 Å². The van der Waals surface area contributed by atoms with Gasteiger partial charge in [-0.25, -0.2) is 0 Å². The normalized spacial score (nSPS) is 11.2. The molecule has 0 amide bonds. The minimum Gasteiger partial charge on any atom is -0.474 e. The van der Waals surface area contributed by atoms with E-state index in [9.17, 15) is 0 Å². The lowest BCUT2D eigenvalue weighted by Gasteiger charge is -2.22. The number of nitrogens with one attached hydrogen (secondary N) is 1. The van der Waals surface area contributed by atoms with E-state index in [1.165, 1.54) is 0 Å². The molecular formula is C10H17N3OS. The third-order valence-electron chi connectivity index (χ3n) is 1.43. The molecule has 0 saturated heterocycles. The molecule has 0 unspecified atom stereocenters. The lowest BCUT2D eigenvalue weighted by molar-refractivity contribution is 0.0410. The van der Waals surface area contributed by atoms with Gasteiger partial charge in [0.15, 0.2) is 5.88 Å². The first-order valence-electron chi connectivity index (χ1n) is 4.77. The van der Waals surface area contributed by atoms with Gasteiger partial charge >= 0.3 is 0 Å². The van der Waals surface area contributed by atoms with Crippen LogP contribution in [0.1, 0.15) is 30.8 Å². The molecule has 1 heterocycles. The Morgan fingerprint density at radius 2 is 2.13 bits per heavy atom. The number of aromatic nitrogens is 2. The summed E-state index contributed by atoms with van der Waals surface area (Å²) in [6.07, 6.45) is 0. The molecule has 0 aliphatic heterocycles. The molecule has 0 bridgehead atoms. The molecule has 1 aromatic rings. The van der Waals surface area contributed by atoms with E-state index in [0.29, 0.717) is 12.4 Å². The number of hydrogen-bond acceptors (Lipinski definition) is 5. The maximum atomic E-state index is 5.52. The third-order valence-corrected chi connectivity index (χ3v) is 2.27. The van der Waals surface area contributed by atoms with Gasteiger partial charge in [-0.2, -0.15) is 0 Å². The maximum absolute atomic E-state index is 5.52. The lowest BCUT2D eigenvalue weighted by Crippen LogP contribution is -2.25. The number of ether oxygens (including phenoxy) is 1. The number of rotatable bonds is 4. The van der Waals surface area contributed by atoms with Gasteiger partial charge < -0.3 is 10.1 Å². The van der Waals surface area contributed by atoms with Crippen LogP contribution in [0.5, 0.6) is 0 Å². The average molecular weight is 227 g/mol. The predicted molar refractivity (Wildman–Crippen MR) is 61.5 cm³/mol. The Bertz CT molecular complexity index is 341. The average Bonchev–Trinajstić information content (AvgIpc) is 2.45. The molecule has 0 fully saturated rings. The second-order valence-electron chi connectivity index (χ2n) is 4.21. The fourth-order valence-electron chi connectivity index (χ4n) is 0.989. The van der Waals surface area contributed by atoms with Crippen molar-refractivity contribution >= 4 is 11.3 Å². The van der Waals surface area contributed by atoms with Crippen LogP contribution in [0.3, 0.4) is 0 Å². The first-order valence-corrected chi connectivity index (χ1v) is 5.59. The van der Waals surface area contributed by atoms with Crippen molar-refractivity contribution in [3.05, 3.63) is 22.5 Å². The van der Waals surface area contributed by atoms with Gasteiger partial charge in [0, 0.05) is 0 Å². The summed E-state index contributed by atoms with van der Waals surface area (Å²) >= 11 is 1.57. The predicted octanol–water partition coefficient (Wildman–Crippen LogP) is 2.22. The molecule has 1 aromatic heterocycles. The fourth-order valence-corrected chi connectivity index (χ4v) is 1.64.